The molecule has 10 heteroatoms. The Hall–Kier alpha value is -3.84. The van der Waals surface area contributed by atoms with Gasteiger partial charge in [-0.15, -0.1) is 0 Å². The number of nitrogens with one attached hydrogen (secondary N) is 2. The van der Waals surface area contributed by atoms with Crippen LogP contribution in [0.15, 0.2) is 42.9 Å². The normalized spacial score (nSPS) is 14.7. The number of carbonyl (C=O) groups is 1. The molecule has 1 saturated heterocycles. The van der Waals surface area contributed by atoms with Crippen molar-refractivity contribution in [3.63, 3.8) is 0 Å². The number of aromatic nitrogens is 4. The molecule has 1 aromatic carbocycles. The Morgan fingerprint density at radius 1 is 1.25 bits per heavy atom. The van der Waals surface area contributed by atoms with E-state index in [0.29, 0.717) is 17.2 Å². The van der Waals surface area contributed by atoms with Crippen molar-refractivity contribution in [2.75, 3.05) is 32.0 Å². The molecule has 0 aliphatic carbocycles. The molecule has 2 N–H and O–H groups in total. The molecule has 1 fully saturated rings. The fourth-order valence-electron chi connectivity index (χ4n) is 3.62. The summed E-state index contributed by atoms with van der Waals surface area (Å²) in [5.41, 5.74) is 1.73. The minimum Gasteiger partial charge on any atom is -0.339 e. The molecule has 1 aliphatic rings. The van der Waals surface area contributed by atoms with E-state index in [1.54, 1.807) is 30.5 Å². The quantitative estimate of drug-likeness (QED) is 0.574. The van der Waals surface area contributed by atoms with E-state index in [9.17, 15) is 9.18 Å². The minimum absolute atomic E-state index is 0.0788. The lowest BCUT2D eigenvalue weighted by atomic mass is 10.1. The van der Waals surface area contributed by atoms with Crippen LogP contribution in [0.1, 0.15) is 29.2 Å². The fourth-order valence-corrected chi connectivity index (χ4v) is 3.62. The monoisotopic (exact) mass is 434 g/mol. The molecule has 3 aromatic rings. The number of nitrogens with zero attached hydrogens (tertiary/aromatic N) is 6. The van der Waals surface area contributed by atoms with Gasteiger partial charge in [0, 0.05) is 17.3 Å². The molecule has 3 heterocycles. The Morgan fingerprint density at radius 3 is 2.72 bits per heavy atom. The molecule has 32 heavy (non-hydrogen) atoms. The van der Waals surface area contributed by atoms with Crippen LogP contribution in [0.25, 0.3) is 11.3 Å². The van der Waals surface area contributed by atoms with E-state index in [-0.39, 0.29) is 24.1 Å². The van der Waals surface area contributed by atoms with Crippen molar-refractivity contribution in [2.45, 2.75) is 18.9 Å². The van der Waals surface area contributed by atoms with Crippen molar-refractivity contribution in [1.29, 1.82) is 5.26 Å². The fraction of sp³-hybridized carbons (Fsp3) is 0.318. The third kappa shape index (κ3) is 4.90. The van der Waals surface area contributed by atoms with Gasteiger partial charge in [0.15, 0.2) is 5.82 Å². The van der Waals surface area contributed by atoms with E-state index in [2.05, 4.69) is 37.6 Å². The highest BCUT2D eigenvalue weighted by Gasteiger charge is 2.19. The highest BCUT2D eigenvalue weighted by molar-refractivity contribution is 5.94. The molecule has 0 radical (unpaired) electrons. The second-order valence-electron chi connectivity index (χ2n) is 7.68. The zero-order chi connectivity index (χ0) is 22.5. The first kappa shape index (κ1) is 21.4. The molecule has 1 amide bonds. The zero-order valence-corrected chi connectivity index (χ0v) is 17.6. The number of likely N-dealkylation sites (tertiary alicyclic amines) is 1. The second-order valence-corrected chi connectivity index (χ2v) is 7.68. The lowest BCUT2D eigenvalue weighted by Gasteiger charge is -2.28. The van der Waals surface area contributed by atoms with Gasteiger partial charge < -0.3 is 15.5 Å². The third-order valence-electron chi connectivity index (χ3n) is 5.41. The molecule has 164 valence electrons. The van der Waals surface area contributed by atoms with E-state index in [4.69, 9.17) is 5.26 Å². The Labute approximate surface area is 184 Å². The lowest BCUT2D eigenvalue weighted by molar-refractivity contribution is 0.0958. The molecular formula is C22H23FN8O. The van der Waals surface area contributed by atoms with Crippen LogP contribution in [-0.4, -0.2) is 57.2 Å². The zero-order valence-electron chi connectivity index (χ0n) is 17.6. The van der Waals surface area contributed by atoms with Crippen molar-refractivity contribution >= 4 is 17.5 Å². The van der Waals surface area contributed by atoms with E-state index in [1.165, 1.54) is 0 Å². The average molecular weight is 434 g/mol. The number of amides is 1. The van der Waals surface area contributed by atoms with Crippen molar-refractivity contribution in [1.82, 2.24) is 30.0 Å². The largest absolute Gasteiger partial charge is 0.339 e. The first-order chi connectivity index (χ1) is 15.5. The number of anilines is 2. The predicted octanol–water partition coefficient (Wildman–Crippen LogP) is 2.74. The highest BCUT2D eigenvalue weighted by Crippen LogP contribution is 2.25. The number of rotatable bonds is 6. The van der Waals surface area contributed by atoms with Crippen LogP contribution in [0.5, 0.6) is 0 Å². The first-order valence-corrected chi connectivity index (χ1v) is 10.3. The number of nitriles is 1. The lowest BCUT2D eigenvalue weighted by Crippen LogP contribution is -2.31. The Bertz CT molecular complexity index is 1130. The van der Waals surface area contributed by atoms with Crippen LogP contribution in [0.2, 0.25) is 0 Å². The maximum Gasteiger partial charge on any atom is 0.252 e. The summed E-state index contributed by atoms with van der Waals surface area (Å²) in [6, 6.07) is 8.53. The molecule has 2 aromatic heterocycles. The van der Waals surface area contributed by atoms with Gasteiger partial charge in [-0.1, -0.05) is 12.1 Å². The molecule has 0 atom stereocenters. The summed E-state index contributed by atoms with van der Waals surface area (Å²) < 4.78 is 16.4. The van der Waals surface area contributed by atoms with E-state index < -0.39 is 5.82 Å². The van der Waals surface area contributed by atoms with Crippen molar-refractivity contribution in [3.05, 3.63) is 54.2 Å². The standard InChI is InChI=1S/C22H23FN8O/c1-30-10-6-18(7-11-30)31-14-17(12-27-31)28-22-26-13-19(23)20(29-22)15-2-4-16(5-3-15)21(32)25-9-8-24/h2-5,12-14,18H,6-7,9-11H2,1H3,(H,25,32)(H,26,28,29). The van der Waals surface area contributed by atoms with E-state index in [0.717, 1.165) is 37.8 Å². The smallest absolute Gasteiger partial charge is 0.252 e. The van der Waals surface area contributed by atoms with E-state index >= 15 is 0 Å². The van der Waals surface area contributed by atoms with Gasteiger partial charge in [0.25, 0.3) is 5.91 Å². The van der Waals surface area contributed by atoms with Gasteiger partial charge >= 0.3 is 0 Å². The summed E-state index contributed by atoms with van der Waals surface area (Å²) in [5, 5.41) is 18.6. The molecule has 4 rings (SSSR count). The molecular weight excluding hydrogens is 411 g/mol. The summed E-state index contributed by atoms with van der Waals surface area (Å²) in [6.07, 6.45) is 6.81. The van der Waals surface area contributed by atoms with Gasteiger partial charge in [-0.2, -0.15) is 10.4 Å². The Morgan fingerprint density at radius 2 is 2.00 bits per heavy atom. The SMILES string of the molecule is CN1CCC(n2cc(Nc3ncc(F)c(-c4ccc(C(=O)NCC#N)cc4)n3)cn2)CC1. The van der Waals surface area contributed by atoms with Gasteiger partial charge in [0.1, 0.15) is 12.2 Å². The number of piperidine rings is 1. The maximum absolute atomic E-state index is 14.4. The van der Waals surface area contributed by atoms with Crippen molar-refractivity contribution < 1.29 is 9.18 Å². The highest BCUT2D eigenvalue weighted by atomic mass is 19.1. The molecule has 1 aliphatic heterocycles. The van der Waals surface area contributed by atoms with Gasteiger partial charge in [-0.25, -0.2) is 14.4 Å². The number of carbonyl (C=O) groups excluding carboxylic acids is 1. The topological polar surface area (TPSA) is 112 Å². The van der Waals surface area contributed by atoms with Gasteiger partial charge in [0.05, 0.1) is 30.2 Å². The Kier molecular flexibility index (Phi) is 6.37. The van der Waals surface area contributed by atoms with Crippen LogP contribution in [0.3, 0.4) is 0 Å². The van der Waals surface area contributed by atoms with Gasteiger partial charge in [-0.3, -0.25) is 9.48 Å². The molecule has 0 unspecified atom stereocenters. The molecule has 0 saturated carbocycles. The predicted molar refractivity (Wildman–Crippen MR) is 117 cm³/mol. The van der Waals surface area contributed by atoms with Gasteiger partial charge in [0.2, 0.25) is 5.95 Å². The summed E-state index contributed by atoms with van der Waals surface area (Å²) >= 11 is 0. The van der Waals surface area contributed by atoms with Crippen LogP contribution in [-0.2, 0) is 0 Å². The summed E-state index contributed by atoms with van der Waals surface area (Å²) in [4.78, 5) is 22.6. The number of hydrogen-bond acceptors (Lipinski definition) is 7. The third-order valence-corrected chi connectivity index (χ3v) is 5.41. The first-order valence-electron chi connectivity index (χ1n) is 10.3. The number of benzene rings is 1. The van der Waals surface area contributed by atoms with E-state index in [1.807, 2.05) is 16.9 Å². The molecule has 0 spiro atoms. The number of halogens is 1. The average Bonchev–Trinajstić information content (AvgIpc) is 3.28. The summed E-state index contributed by atoms with van der Waals surface area (Å²) in [7, 11) is 2.12. The maximum atomic E-state index is 14.4. The second kappa shape index (κ2) is 9.53. The number of hydrogen-bond donors (Lipinski definition) is 2. The van der Waals surface area contributed by atoms with Crippen LogP contribution < -0.4 is 10.6 Å². The van der Waals surface area contributed by atoms with Crippen LogP contribution in [0.4, 0.5) is 16.0 Å². The minimum atomic E-state index is -0.570. The Balaban J connectivity index is 1.47. The van der Waals surface area contributed by atoms with Gasteiger partial charge in [-0.05, 0) is 45.1 Å². The van der Waals surface area contributed by atoms with Crippen LogP contribution in [0, 0.1) is 17.1 Å². The van der Waals surface area contributed by atoms with Crippen molar-refractivity contribution in [2.24, 2.45) is 0 Å². The summed E-state index contributed by atoms with van der Waals surface area (Å²) in [5.74, 6) is -0.690. The molecule has 9 nitrogen and oxygen atoms in total. The summed E-state index contributed by atoms with van der Waals surface area (Å²) in [6.45, 7) is 2.00. The van der Waals surface area contributed by atoms with Crippen LogP contribution >= 0.6 is 0 Å². The molecule has 0 bridgehead atoms. The van der Waals surface area contributed by atoms with Crippen molar-refractivity contribution in [3.8, 4) is 17.3 Å².